The number of methoxy groups -OCH3 is 1. The summed E-state index contributed by atoms with van der Waals surface area (Å²) in [6.45, 7) is 2.02. The summed E-state index contributed by atoms with van der Waals surface area (Å²) in [6, 6.07) is -1.45. The summed E-state index contributed by atoms with van der Waals surface area (Å²) in [5.74, 6) is -2.69. The number of carbonyl (C=O) groups is 3. The molecule has 0 bridgehead atoms. The van der Waals surface area contributed by atoms with E-state index in [2.05, 4.69) is 10.1 Å². The first kappa shape index (κ1) is 21.0. The molecule has 3 atom stereocenters. The molecule has 0 aliphatic heterocycles. The van der Waals surface area contributed by atoms with Crippen molar-refractivity contribution in [2.45, 2.75) is 51.1 Å². The van der Waals surface area contributed by atoms with Crippen molar-refractivity contribution in [1.29, 1.82) is 5.41 Å². The molecule has 10 heteroatoms. The molecule has 2 N–H and O–H groups in total. The highest BCUT2D eigenvalue weighted by atomic mass is 19.4. The Kier molecular flexibility index (Phi) is 8.44. The molecule has 0 aliphatic rings. The predicted octanol–water partition coefficient (Wildman–Crippen LogP) is 0.999. The molecular formula is C13H19F3N2O5. The van der Waals surface area contributed by atoms with E-state index in [-0.39, 0.29) is 12.8 Å². The minimum absolute atomic E-state index is 0.292. The van der Waals surface area contributed by atoms with E-state index in [1.165, 1.54) is 14.0 Å². The number of alkyl halides is 3. The second-order valence-corrected chi connectivity index (χ2v) is 4.71. The number of carbonyl (C=O) groups excluding carboxylic acids is 3. The number of amides is 1. The van der Waals surface area contributed by atoms with Gasteiger partial charge in [0.25, 0.3) is 0 Å². The molecule has 0 rings (SSSR count). The lowest BCUT2D eigenvalue weighted by Gasteiger charge is -2.22. The van der Waals surface area contributed by atoms with Crippen LogP contribution in [0.1, 0.15) is 26.7 Å². The molecule has 0 aromatic heterocycles. The third-order valence-corrected chi connectivity index (χ3v) is 2.92. The van der Waals surface area contributed by atoms with E-state index in [0.29, 0.717) is 13.1 Å². The van der Waals surface area contributed by atoms with Gasteiger partial charge in [-0.25, -0.2) is 4.79 Å². The first-order valence-corrected chi connectivity index (χ1v) is 6.66. The second kappa shape index (κ2) is 9.23. The maximum atomic E-state index is 12.4. The number of nitrogens with one attached hydrogen (secondary N) is 2. The Morgan fingerprint density at radius 2 is 1.83 bits per heavy atom. The van der Waals surface area contributed by atoms with Crippen LogP contribution < -0.4 is 5.32 Å². The van der Waals surface area contributed by atoms with Gasteiger partial charge in [0.15, 0.2) is 11.9 Å². The van der Waals surface area contributed by atoms with Gasteiger partial charge in [0.1, 0.15) is 12.1 Å². The Bertz CT molecular complexity index is 453. The Labute approximate surface area is 131 Å². The summed E-state index contributed by atoms with van der Waals surface area (Å²) in [5, 5.41) is 8.92. The molecule has 0 unspecified atom stereocenters. The van der Waals surface area contributed by atoms with Crippen LogP contribution in [0.25, 0.3) is 0 Å². The minimum Gasteiger partial charge on any atom is -0.451 e. The molecular weight excluding hydrogens is 321 g/mol. The number of hydrogen-bond acceptors (Lipinski definition) is 6. The number of Topliss-reactive ketones (excluding diaryl/α,β-unsaturated/α-hetero) is 1. The van der Waals surface area contributed by atoms with Crippen molar-refractivity contribution >= 4 is 23.9 Å². The highest BCUT2D eigenvalue weighted by Crippen LogP contribution is 2.23. The molecule has 23 heavy (non-hydrogen) atoms. The highest BCUT2D eigenvalue weighted by Gasteiger charge is 2.40. The summed E-state index contributed by atoms with van der Waals surface area (Å²) >= 11 is 0. The average molecular weight is 340 g/mol. The molecule has 7 nitrogen and oxygen atoms in total. The zero-order valence-corrected chi connectivity index (χ0v) is 12.9. The first-order valence-electron chi connectivity index (χ1n) is 6.66. The van der Waals surface area contributed by atoms with E-state index < -0.39 is 42.1 Å². The van der Waals surface area contributed by atoms with Crippen LogP contribution in [-0.4, -0.2) is 55.4 Å². The topological polar surface area (TPSA) is 106 Å². The van der Waals surface area contributed by atoms with Crippen LogP contribution in [0, 0.1) is 5.41 Å². The molecule has 0 saturated carbocycles. The van der Waals surface area contributed by atoms with Gasteiger partial charge in [-0.15, -0.1) is 0 Å². The lowest BCUT2D eigenvalue weighted by molar-refractivity contribution is -0.217. The normalized spacial score (nSPS) is 15.2. The number of ether oxygens (including phenoxy) is 2. The van der Waals surface area contributed by atoms with Crippen LogP contribution in [0.3, 0.4) is 0 Å². The van der Waals surface area contributed by atoms with Gasteiger partial charge in [0.05, 0.1) is 6.21 Å². The van der Waals surface area contributed by atoms with Gasteiger partial charge in [-0.05, 0) is 20.3 Å². The molecule has 0 radical (unpaired) electrons. The maximum absolute atomic E-state index is 12.4. The van der Waals surface area contributed by atoms with E-state index in [9.17, 15) is 27.6 Å². The molecule has 0 aromatic rings. The predicted molar refractivity (Wildman–Crippen MR) is 73.0 cm³/mol. The standard InChI is InChI=1S/C13H19F3N2O5/c1-7(22-3)11(20)18-10(5-4-9(19)6-17)12(21)23-8(2)13(14,15)16/h6-8,10,17H,4-5H2,1-3H3,(H,18,20)/t7-,8+,10+/m1/s1. The number of halogens is 3. The van der Waals surface area contributed by atoms with Crippen molar-refractivity contribution < 1.29 is 37.0 Å². The summed E-state index contributed by atoms with van der Waals surface area (Å²) in [7, 11) is 1.24. The van der Waals surface area contributed by atoms with Gasteiger partial charge in [-0.1, -0.05) is 0 Å². The van der Waals surface area contributed by atoms with E-state index in [4.69, 9.17) is 10.1 Å². The molecule has 1 amide bonds. The van der Waals surface area contributed by atoms with Crippen LogP contribution in [-0.2, 0) is 23.9 Å². The quantitative estimate of drug-likeness (QED) is 0.481. The summed E-state index contributed by atoms with van der Waals surface area (Å²) in [4.78, 5) is 34.6. The van der Waals surface area contributed by atoms with Gasteiger partial charge < -0.3 is 20.2 Å². The SMILES string of the molecule is CO[C@H](C)C(=O)N[C@@H](CCC(=O)C=N)C(=O)O[C@@H](C)C(F)(F)F. The molecule has 0 fully saturated rings. The number of ketones is 1. The fraction of sp³-hybridized carbons (Fsp3) is 0.692. The van der Waals surface area contributed by atoms with Gasteiger partial charge in [-0.3, -0.25) is 9.59 Å². The molecule has 0 saturated heterocycles. The maximum Gasteiger partial charge on any atom is 0.425 e. The Morgan fingerprint density at radius 3 is 2.26 bits per heavy atom. The van der Waals surface area contributed by atoms with Crippen molar-refractivity contribution in [3.63, 3.8) is 0 Å². The summed E-state index contributed by atoms with van der Waals surface area (Å²) < 4.78 is 46.3. The minimum atomic E-state index is -4.74. The zero-order valence-electron chi connectivity index (χ0n) is 12.9. The lowest BCUT2D eigenvalue weighted by Crippen LogP contribution is -2.47. The lowest BCUT2D eigenvalue weighted by atomic mass is 10.1. The van der Waals surface area contributed by atoms with E-state index >= 15 is 0 Å². The number of hydrogen-bond donors (Lipinski definition) is 2. The Balaban J connectivity index is 4.94. The van der Waals surface area contributed by atoms with Crippen LogP contribution >= 0.6 is 0 Å². The molecule has 0 aromatic carbocycles. The third-order valence-electron chi connectivity index (χ3n) is 2.92. The molecule has 0 spiro atoms. The van der Waals surface area contributed by atoms with Gasteiger partial charge in [0, 0.05) is 13.5 Å². The van der Waals surface area contributed by atoms with Crippen LogP contribution in [0.5, 0.6) is 0 Å². The van der Waals surface area contributed by atoms with Crippen LogP contribution in [0.2, 0.25) is 0 Å². The summed E-state index contributed by atoms with van der Waals surface area (Å²) in [5.41, 5.74) is 0. The third kappa shape index (κ3) is 7.73. The smallest absolute Gasteiger partial charge is 0.425 e. The monoisotopic (exact) mass is 340 g/mol. The Morgan fingerprint density at radius 1 is 1.26 bits per heavy atom. The Hall–Kier alpha value is -1.97. The second-order valence-electron chi connectivity index (χ2n) is 4.71. The molecule has 0 aliphatic carbocycles. The van der Waals surface area contributed by atoms with Crippen molar-refractivity contribution in [1.82, 2.24) is 5.32 Å². The fourth-order valence-corrected chi connectivity index (χ4v) is 1.33. The van der Waals surface area contributed by atoms with Crippen LogP contribution in [0.4, 0.5) is 13.2 Å². The number of esters is 1. The van der Waals surface area contributed by atoms with E-state index in [1.54, 1.807) is 0 Å². The van der Waals surface area contributed by atoms with Crippen molar-refractivity contribution in [2.75, 3.05) is 7.11 Å². The average Bonchev–Trinajstić information content (AvgIpc) is 2.48. The van der Waals surface area contributed by atoms with Gasteiger partial charge >= 0.3 is 12.1 Å². The number of rotatable bonds is 9. The van der Waals surface area contributed by atoms with Gasteiger partial charge in [0.2, 0.25) is 5.91 Å². The van der Waals surface area contributed by atoms with E-state index in [0.717, 1.165) is 0 Å². The van der Waals surface area contributed by atoms with Gasteiger partial charge in [-0.2, -0.15) is 13.2 Å². The molecule has 0 heterocycles. The first-order chi connectivity index (χ1) is 10.5. The summed E-state index contributed by atoms with van der Waals surface area (Å²) in [6.07, 6.45) is -8.11. The molecule has 132 valence electrons. The van der Waals surface area contributed by atoms with Crippen molar-refractivity contribution in [3.8, 4) is 0 Å². The van der Waals surface area contributed by atoms with Crippen LogP contribution in [0.15, 0.2) is 0 Å². The van der Waals surface area contributed by atoms with Crippen molar-refractivity contribution in [2.24, 2.45) is 0 Å². The zero-order chi connectivity index (χ0) is 18.2. The van der Waals surface area contributed by atoms with E-state index in [1.807, 2.05) is 0 Å². The largest absolute Gasteiger partial charge is 0.451 e. The fourth-order valence-electron chi connectivity index (χ4n) is 1.33. The highest BCUT2D eigenvalue weighted by molar-refractivity contribution is 6.26. The van der Waals surface area contributed by atoms with Crippen molar-refractivity contribution in [3.05, 3.63) is 0 Å².